The Hall–Kier alpha value is -1.62. The fourth-order valence-corrected chi connectivity index (χ4v) is 1.71. The van der Waals surface area contributed by atoms with Gasteiger partial charge in [-0.1, -0.05) is 12.1 Å². The zero-order valence-electron chi connectivity index (χ0n) is 11.6. The topological polar surface area (TPSA) is 64.3 Å². The van der Waals surface area contributed by atoms with Crippen LogP contribution < -0.4 is 15.8 Å². The first kappa shape index (κ1) is 15.4. The predicted molar refractivity (Wildman–Crippen MR) is 72.5 cm³/mol. The van der Waals surface area contributed by atoms with Crippen LogP contribution in [0.3, 0.4) is 0 Å². The van der Waals surface area contributed by atoms with E-state index >= 15 is 0 Å². The van der Waals surface area contributed by atoms with Gasteiger partial charge in [0.15, 0.2) is 11.6 Å². The number of hydrogen-bond acceptors (Lipinski definition) is 3. The molecule has 4 nitrogen and oxygen atoms in total. The third-order valence-electron chi connectivity index (χ3n) is 3.33. The fraction of sp³-hybridized carbons (Fsp3) is 0.500. The Kier molecular flexibility index (Phi) is 5.30. The number of benzene rings is 1. The van der Waals surface area contributed by atoms with Crippen molar-refractivity contribution >= 4 is 5.91 Å². The fourth-order valence-electron chi connectivity index (χ4n) is 1.71. The number of rotatable bonds is 7. The molecule has 0 saturated carbocycles. The molecule has 1 unspecified atom stereocenters. The summed E-state index contributed by atoms with van der Waals surface area (Å²) >= 11 is 0. The molecule has 19 heavy (non-hydrogen) atoms. The van der Waals surface area contributed by atoms with Crippen molar-refractivity contribution in [1.82, 2.24) is 5.32 Å². The normalized spacial score (nSPS) is 13.9. The molecule has 1 aromatic carbocycles. The van der Waals surface area contributed by atoms with Gasteiger partial charge in [0.25, 0.3) is 0 Å². The van der Waals surface area contributed by atoms with Gasteiger partial charge in [-0.15, -0.1) is 0 Å². The van der Waals surface area contributed by atoms with Crippen molar-refractivity contribution in [2.75, 3.05) is 13.7 Å². The van der Waals surface area contributed by atoms with Gasteiger partial charge in [-0.2, -0.15) is 0 Å². The Labute approximate surface area is 113 Å². The summed E-state index contributed by atoms with van der Waals surface area (Å²) in [6.45, 7) is 3.76. The van der Waals surface area contributed by atoms with Crippen LogP contribution in [-0.2, 0) is 4.79 Å². The summed E-state index contributed by atoms with van der Waals surface area (Å²) in [6.07, 6.45) is 1.14. The van der Waals surface area contributed by atoms with Crippen molar-refractivity contribution in [2.45, 2.75) is 32.2 Å². The van der Waals surface area contributed by atoms with Crippen LogP contribution in [0.25, 0.3) is 0 Å². The number of hydrogen-bond donors (Lipinski definition) is 2. The maximum absolute atomic E-state index is 13.6. The molecule has 106 valence electrons. The van der Waals surface area contributed by atoms with E-state index in [0.29, 0.717) is 25.0 Å². The van der Waals surface area contributed by atoms with Crippen LogP contribution in [0.1, 0.15) is 25.3 Å². The second-order valence-electron chi connectivity index (χ2n) is 4.79. The molecular weight excluding hydrogens is 247 g/mol. The van der Waals surface area contributed by atoms with E-state index in [-0.39, 0.29) is 11.6 Å². The largest absolute Gasteiger partial charge is 0.491 e. The first-order valence-corrected chi connectivity index (χ1v) is 6.27. The summed E-state index contributed by atoms with van der Waals surface area (Å²) < 4.78 is 19.0. The quantitative estimate of drug-likeness (QED) is 0.741. The molecule has 0 heterocycles. The third-order valence-corrected chi connectivity index (χ3v) is 3.33. The number of halogens is 1. The van der Waals surface area contributed by atoms with Crippen LogP contribution in [-0.4, -0.2) is 25.1 Å². The summed E-state index contributed by atoms with van der Waals surface area (Å²) in [6, 6.07) is 5.02. The lowest BCUT2D eigenvalue weighted by molar-refractivity contribution is -0.123. The van der Waals surface area contributed by atoms with Gasteiger partial charge in [-0.25, -0.2) is 4.39 Å². The van der Waals surface area contributed by atoms with Crippen molar-refractivity contribution in [2.24, 2.45) is 5.73 Å². The molecule has 0 bridgehead atoms. The van der Waals surface area contributed by atoms with Gasteiger partial charge in [0.2, 0.25) is 5.91 Å². The minimum absolute atomic E-state index is 0.241. The zero-order valence-corrected chi connectivity index (χ0v) is 11.6. The van der Waals surface area contributed by atoms with Gasteiger partial charge in [0.1, 0.15) is 0 Å². The Morgan fingerprint density at radius 2 is 2.21 bits per heavy atom. The molecule has 0 aliphatic rings. The highest BCUT2D eigenvalue weighted by Gasteiger charge is 2.28. The SMILES string of the molecule is CNC(C)(CCCOc1cccc(C)c1F)C(N)=O. The second-order valence-corrected chi connectivity index (χ2v) is 4.79. The lowest BCUT2D eigenvalue weighted by Gasteiger charge is -2.25. The van der Waals surface area contributed by atoms with Gasteiger partial charge in [-0.3, -0.25) is 4.79 Å². The molecule has 0 fully saturated rings. The van der Waals surface area contributed by atoms with Crippen LogP contribution in [0, 0.1) is 12.7 Å². The number of likely N-dealkylation sites (N-methyl/N-ethyl adjacent to an activating group) is 1. The lowest BCUT2D eigenvalue weighted by Crippen LogP contribution is -2.51. The molecule has 1 aromatic rings. The van der Waals surface area contributed by atoms with Crippen LogP contribution in [0.15, 0.2) is 18.2 Å². The van der Waals surface area contributed by atoms with E-state index in [4.69, 9.17) is 10.5 Å². The summed E-state index contributed by atoms with van der Waals surface area (Å²) in [7, 11) is 1.69. The number of aryl methyl sites for hydroxylation is 1. The highest BCUT2D eigenvalue weighted by molar-refractivity contribution is 5.84. The molecule has 0 aromatic heterocycles. The smallest absolute Gasteiger partial charge is 0.237 e. The van der Waals surface area contributed by atoms with Crippen LogP contribution in [0.4, 0.5) is 4.39 Å². The number of carbonyl (C=O) groups excluding carboxylic acids is 1. The molecule has 0 radical (unpaired) electrons. The average Bonchev–Trinajstić information content (AvgIpc) is 2.38. The standard InChI is InChI=1S/C14H21FN2O2/c1-10-6-4-7-11(12(10)15)19-9-5-8-14(2,17-3)13(16)18/h4,6-7,17H,5,8-9H2,1-3H3,(H2,16,18). The van der Waals surface area contributed by atoms with Crippen LogP contribution in [0.2, 0.25) is 0 Å². The van der Waals surface area contributed by atoms with E-state index in [9.17, 15) is 9.18 Å². The van der Waals surface area contributed by atoms with Crippen molar-refractivity contribution < 1.29 is 13.9 Å². The van der Waals surface area contributed by atoms with Gasteiger partial charge in [-0.05, 0) is 45.4 Å². The Bertz CT molecular complexity index is 451. The van der Waals surface area contributed by atoms with Crippen molar-refractivity contribution in [1.29, 1.82) is 0 Å². The molecule has 1 rings (SSSR count). The summed E-state index contributed by atoms with van der Waals surface area (Å²) in [5.74, 6) is -0.504. The van der Waals surface area contributed by atoms with Gasteiger partial charge >= 0.3 is 0 Å². The van der Waals surface area contributed by atoms with E-state index < -0.39 is 11.4 Å². The molecule has 5 heteroatoms. The number of carbonyl (C=O) groups is 1. The summed E-state index contributed by atoms with van der Waals surface area (Å²) in [5, 5.41) is 2.89. The van der Waals surface area contributed by atoms with Crippen LogP contribution in [0.5, 0.6) is 5.75 Å². The molecule has 1 atom stereocenters. The number of nitrogens with two attached hydrogens (primary N) is 1. The number of amides is 1. The maximum atomic E-state index is 13.6. The van der Waals surface area contributed by atoms with Crippen molar-refractivity contribution in [3.63, 3.8) is 0 Å². The number of ether oxygens (including phenoxy) is 1. The average molecular weight is 268 g/mol. The van der Waals surface area contributed by atoms with Gasteiger partial charge < -0.3 is 15.8 Å². The molecular formula is C14H21FN2O2. The van der Waals surface area contributed by atoms with Gasteiger partial charge in [0.05, 0.1) is 12.1 Å². The van der Waals surface area contributed by atoms with Gasteiger partial charge in [0, 0.05) is 0 Å². The first-order chi connectivity index (χ1) is 8.90. The molecule has 0 saturated heterocycles. The minimum atomic E-state index is -0.755. The number of nitrogens with one attached hydrogen (secondary N) is 1. The predicted octanol–water partition coefficient (Wildman–Crippen LogP) is 1.76. The molecule has 0 aliphatic carbocycles. The highest BCUT2D eigenvalue weighted by Crippen LogP contribution is 2.20. The summed E-state index contributed by atoms with van der Waals surface area (Å²) in [5.41, 5.74) is 5.11. The molecule has 0 aliphatic heterocycles. The summed E-state index contributed by atoms with van der Waals surface area (Å²) in [4.78, 5) is 11.3. The molecule has 3 N–H and O–H groups in total. The van der Waals surface area contributed by atoms with Crippen LogP contribution >= 0.6 is 0 Å². The third kappa shape index (κ3) is 3.92. The zero-order chi connectivity index (χ0) is 14.5. The minimum Gasteiger partial charge on any atom is -0.491 e. The molecule has 0 spiro atoms. The Balaban J connectivity index is 2.47. The van der Waals surface area contributed by atoms with E-state index in [1.807, 2.05) is 0 Å². The van der Waals surface area contributed by atoms with E-state index in [1.54, 1.807) is 39.1 Å². The maximum Gasteiger partial charge on any atom is 0.237 e. The number of primary amides is 1. The second kappa shape index (κ2) is 6.52. The molecule has 1 amide bonds. The highest BCUT2D eigenvalue weighted by atomic mass is 19.1. The van der Waals surface area contributed by atoms with E-state index in [2.05, 4.69) is 5.32 Å². The first-order valence-electron chi connectivity index (χ1n) is 6.27. The Morgan fingerprint density at radius 1 is 1.53 bits per heavy atom. The lowest BCUT2D eigenvalue weighted by atomic mass is 9.95. The van der Waals surface area contributed by atoms with Crippen molar-refractivity contribution in [3.05, 3.63) is 29.6 Å². The van der Waals surface area contributed by atoms with E-state index in [1.165, 1.54) is 0 Å². The van der Waals surface area contributed by atoms with E-state index in [0.717, 1.165) is 0 Å². The monoisotopic (exact) mass is 268 g/mol. The van der Waals surface area contributed by atoms with Crippen molar-refractivity contribution in [3.8, 4) is 5.75 Å². The Morgan fingerprint density at radius 3 is 2.79 bits per heavy atom.